The molecule has 0 atom stereocenters. The Hall–Kier alpha value is -0.940. The molecule has 2 fully saturated rings. The molecule has 1 amide bonds. The van der Waals surface area contributed by atoms with Crippen molar-refractivity contribution < 1.29 is 9.18 Å². The van der Waals surface area contributed by atoms with Gasteiger partial charge in [0.15, 0.2) is 0 Å². The van der Waals surface area contributed by atoms with Gasteiger partial charge in [-0.15, -0.1) is 0 Å². The normalized spacial score (nSPS) is 19.8. The first-order valence-corrected chi connectivity index (χ1v) is 8.39. The van der Waals surface area contributed by atoms with Gasteiger partial charge < -0.3 is 10.2 Å². The summed E-state index contributed by atoms with van der Waals surface area (Å²) in [5.74, 6) is 0.447. The van der Waals surface area contributed by atoms with Gasteiger partial charge in [0.1, 0.15) is 5.82 Å². The van der Waals surface area contributed by atoms with Crippen LogP contribution in [0, 0.1) is 11.7 Å². The zero-order valence-electron chi connectivity index (χ0n) is 11.9. The molecule has 1 aromatic carbocycles. The van der Waals surface area contributed by atoms with E-state index in [1.54, 1.807) is 12.1 Å². The Morgan fingerprint density at radius 1 is 1.29 bits per heavy atom. The summed E-state index contributed by atoms with van der Waals surface area (Å²) in [7, 11) is 0. The largest absolute Gasteiger partial charge is 0.342 e. The van der Waals surface area contributed by atoms with E-state index in [-0.39, 0.29) is 5.82 Å². The molecule has 0 spiro atoms. The molecular formula is C16H20BrFN2O. The lowest BCUT2D eigenvalue weighted by molar-refractivity contribution is -0.133. The molecular weight excluding hydrogens is 335 g/mol. The van der Waals surface area contributed by atoms with Gasteiger partial charge in [-0.2, -0.15) is 0 Å². The van der Waals surface area contributed by atoms with Gasteiger partial charge in [-0.25, -0.2) is 4.39 Å². The van der Waals surface area contributed by atoms with Crippen molar-refractivity contribution in [3.05, 3.63) is 34.1 Å². The second-order valence-corrected chi connectivity index (χ2v) is 6.86. The number of carbonyl (C=O) groups excluding carboxylic acids is 1. The minimum Gasteiger partial charge on any atom is -0.342 e. The van der Waals surface area contributed by atoms with Crippen molar-refractivity contribution in [2.24, 2.45) is 5.92 Å². The molecule has 3 nitrogen and oxygen atoms in total. The van der Waals surface area contributed by atoms with E-state index in [9.17, 15) is 9.18 Å². The number of halogens is 2. The third-order valence-electron chi connectivity index (χ3n) is 4.31. The molecule has 1 saturated carbocycles. The number of carbonyl (C=O) groups is 1. The summed E-state index contributed by atoms with van der Waals surface area (Å²) in [6.07, 6.45) is 4.12. The Bertz CT molecular complexity index is 525. The van der Waals surface area contributed by atoms with Crippen molar-refractivity contribution in [3.63, 3.8) is 0 Å². The highest BCUT2D eigenvalue weighted by Crippen LogP contribution is 2.31. The van der Waals surface area contributed by atoms with Crippen molar-refractivity contribution in [1.29, 1.82) is 0 Å². The smallest absolute Gasteiger partial charge is 0.225 e. The van der Waals surface area contributed by atoms with E-state index < -0.39 is 0 Å². The number of hydrogen-bond acceptors (Lipinski definition) is 2. The second-order valence-electron chi connectivity index (χ2n) is 6.00. The Balaban J connectivity index is 1.44. The van der Waals surface area contributed by atoms with Crippen LogP contribution in [0.5, 0.6) is 0 Å². The molecule has 21 heavy (non-hydrogen) atoms. The summed E-state index contributed by atoms with van der Waals surface area (Å²) >= 11 is 3.16. The van der Waals surface area contributed by atoms with Gasteiger partial charge in [0.05, 0.1) is 4.47 Å². The quantitative estimate of drug-likeness (QED) is 0.900. The van der Waals surface area contributed by atoms with Crippen LogP contribution in [0.4, 0.5) is 4.39 Å². The molecule has 0 aromatic heterocycles. The summed E-state index contributed by atoms with van der Waals surface area (Å²) in [4.78, 5) is 14.0. The van der Waals surface area contributed by atoms with Crippen molar-refractivity contribution in [2.75, 3.05) is 13.1 Å². The number of benzene rings is 1. The number of rotatable bonds is 4. The molecule has 1 aromatic rings. The van der Waals surface area contributed by atoms with E-state index in [0.717, 1.165) is 44.3 Å². The van der Waals surface area contributed by atoms with E-state index in [1.165, 1.54) is 0 Å². The predicted molar refractivity (Wildman–Crippen MR) is 83.3 cm³/mol. The molecule has 1 saturated heterocycles. The summed E-state index contributed by atoms with van der Waals surface area (Å²) in [6, 6.07) is 5.64. The van der Waals surface area contributed by atoms with Crippen molar-refractivity contribution in [3.8, 4) is 0 Å². The average molecular weight is 355 g/mol. The van der Waals surface area contributed by atoms with Crippen LogP contribution >= 0.6 is 15.9 Å². The molecule has 0 bridgehead atoms. The van der Waals surface area contributed by atoms with Crippen LogP contribution in [0.1, 0.15) is 31.2 Å². The molecule has 1 N–H and O–H groups in total. The first-order chi connectivity index (χ1) is 10.1. The monoisotopic (exact) mass is 354 g/mol. The topological polar surface area (TPSA) is 32.3 Å². The molecule has 3 rings (SSSR count). The lowest BCUT2D eigenvalue weighted by atomic mass is 10.0. The van der Waals surface area contributed by atoms with Crippen LogP contribution in [0.2, 0.25) is 0 Å². The van der Waals surface area contributed by atoms with Crippen LogP contribution < -0.4 is 5.32 Å². The van der Waals surface area contributed by atoms with Crippen molar-refractivity contribution in [2.45, 2.75) is 38.3 Å². The highest BCUT2D eigenvalue weighted by molar-refractivity contribution is 9.10. The predicted octanol–water partition coefficient (Wildman–Crippen LogP) is 3.08. The molecule has 5 heteroatoms. The highest BCUT2D eigenvalue weighted by Gasteiger charge is 2.34. The maximum absolute atomic E-state index is 13.4. The summed E-state index contributed by atoms with van der Waals surface area (Å²) in [6.45, 7) is 2.37. The van der Waals surface area contributed by atoms with Gasteiger partial charge in [-0.3, -0.25) is 4.79 Å². The fraction of sp³-hybridized carbons (Fsp3) is 0.562. The Kier molecular flexibility index (Phi) is 4.60. The molecule has 2 aliphatic rings. The minimum absolute atomic E-state index is 0.223. The third-order valence-corrected chi connectivity index (χ3v) is 4.96. The maximum atomic E-state index is 13.4. The number of nitrogens with one attached hydrogen (secondary N) is 1. The van der Waals surface area contributed by atoms with Crippen LogP contribution in [0.3, 0.4) is 0 Å². The number of amides is 1. The van der Waals surface area contributed by atoms with Gasteiger partial charge in [-0.1, -0.05) is 6.07 Å². The van der Waals surface area contributed by atoms with Gasteiger partial charge in [0.2, 0.25) is 5.91 Å². The van der Waals surface area contributed by atoms with Gasteiger partial charge >= 0.3 is 0 Å². The van der Waals surface area contributed by atoms with E-state index in [2.05, 4.69) is 21.2 Å². The SMILES string of the molecule is O=C(C1CC1)N1CCC(NCc2ccc(Br)c(F)c2)CC1. The minimum atomic E-state index is -0.223. The first-order valence-electron chi connectivity index (χ1n) is 7.59. The fourth-order valence-corrected chi connectivity index (χ4v) is 3.05. The van der Waals surface area contributed by atoms with E-state index in [0.29, 0.717) is 28.9 Å². The molecule has 1 aliphatic carbocycles. The number of piperidine rings is 1. The zero-order valence-corrected chi connectivity index (χ0v) is 13.5. The van der Waals surface area contributed by atoms with Crippen molar-refractivity contribution >= 4 is 21.8 Å². The fourth-order valence-electron chi connectivity index (χ4n) is 2.80. The summed E-state index contributed by atoms with van der Waals surface area (Å²) in [5, 5.41) is 3.47. The van der Waals surface area contributed by atoms with Gasteiger partial charge in [0.25, 0.3) is 0 Å². The molecule has 1 heterocycles. The summed E-state index contributed by atoms with van der Waals surface area (Å²) in [5.41, 5.74) is 0.951. The van der Waals surface area contributed by atoms with E-state index in [4.69, 9.17) is 0 Å². The van der Waals surface area contributed by atoms with E-state index in [1.807, 2.05) is 11.0 Å². The van der Waals surface area contributed by atoms with Crippen LogP contribution in [-0.2, 0) is 11.3 Å². The van der Waals surface area contributed by atoms with E-state index >= 15 is 0 Å². The Labute approximate surface area is 133 Å². The van der Waals surface area contributed by atoms with Crippen LogP contribution in [0.25, 0.3) is 0 Å². The Morgan fingerprint density at radius 3 is 2.62 bits per heavy atom. The third kappa shape index (κ3) is 3.83. The number of hydrogen-bond donors (Lipinski definition) is 1. The molecule has 114 valence electrons. The number of nitrogens with zero attached hydrogens (tertiary/aromatic N) is 1. The van der Waals surface area contributed by atoms with Crippen molar-refractivity contribution in [1.82, 2.24) is 10.2 Å². The molecule has 0 radical (unpaired) electrons. The first kappa shape index (κ1) is 15.0. The van der Waals surface area contributed by atoms with Crippen LogP contribution in [-0.4, -0.2) is 29.9 Å². The standard InChI is InChI=1S/C16H20BrFN2O/c17-14-4-1-11(9-15(14)18)10-19-13-5-7-20(8-6-13)16(21)12-2-3-12/h1,4,9,12-13,19H,2-3,5-8,10H2. The zero-order chi connectivity index (χ0) is 14.8. The maximum Gasteiger partial charge on any atom is 0.225 e. The van der Waals surface area contributed by atoms with Gasteiger partial charge in [0, 0.05) is 31.6 Å². The average Bonchev–Trinajstić information content (AvgIpc) is 3.33. The number of likely N-dealkylation sites (tertiary alicyclic amines) is 1. The highest BCUT2D eigenvalue weighted by atomic mass is 79.9. The van der Waals surface area contributed by atoms with Crippen LogP contribution in [0.15, 0.2) is 22.7 Å². The second kappa shape index (κ2) is 6.44. The lowest BCUT2D eigenvalue weighted by Crippen LogP contribution is -2.45. The lowest BCUT2D eigenvalue weighted by Gasteiger charge is -2.32. The Morgan fingerprint density at radius 2 is 2.00 bits per heavy atom. The van der Waals surface area contributed by atoms with Gasteiger partial charge in [-0.05, 0) is 59.3 Å². The molecule has 1 aliphatic heterocycles. The molecule has 0 unspecified atom stereocenters. The summed E-state index contributed by atoms with van der Waals surface area (Å²) < 4.78 is 13.9.